The molecular formula is C28H21BrN2O6. The normalized spacial score (nSPS) is 14.5. The van der Waals surface area contributed by atoms with Gasteiger partial charge in [0.15, 0.2) is 0 Å². The zero-order valence-electron chi connectivity index (χ0n) is 20.1. The highest BCUT2D eigenvalue weighted by atomic mass is 79.9. The summed E-state index contributed by atoms with van der Waals surface area (Å²) >= 11 is 3.43. The summed E-state index contributed by atoms with van der Waals surface area (Å²) in [7, 11) is 3.10. The van der Waals surface area contributed by atoms with Crippen LogP contribution in [0.1, 0.15) is 33.2 Å². The van der Waals surface area contributed by atoms with Gasteiger partial charge in [0.1, 0.15) is 40.2 Å². The number of nitrogens with two attached hydrogens (primary N) is 1. The number of nitrogens with zero attached hydrogens (tertiary/aromatic N) is 1. The van der Waals surface area contributed by atoms with Gasteiger partial charge in [0, 0.05) is 38.7 Å². The molecule has 2 N–H and O–H groups in total. The van der Waals surface area contributed by atoms with Gasteiger partial charge in [-0.2, -0.15) is 5.26 Å². The molecule has 0 spiro atoms. The average molecular weight is 561 g/mol. The van der Waals surface area contributed by atoms with Crippen LogP contribution in [0.15, 0.2) is 74.9 Å². The number of furan rings is 1. The molecule has 0 fully saturated rings. The van der Waals surface area contributed by atoms with E-state index in [0.717, 1.165) is 9.86 Å². The minimum Gasteiger partial charge on any atom is -0.497 e. The van der Waals surface area contributed by atoms with E-state index in [1.807, 2.05) is 18.2 Å². The number of allylic oxidation sites excluding steroid dienone is 1. The van der Waals surface area contributed by atoms with Gasteiger partial charge < -0.3 is 29.1 Å². The fourth-order valence-electron chi connectivity index (χ4n) is 4.42. The molecule has 2 heterocycles. The fourth-order valence-corrected chi connectivity index (χ4v) is 4.78. The molecule has 1 aliphatic rings. The molecule has 1 aromatic heterocycles. The van der Waals surface area contributed by atoms with E-state index in [4.69, 9.17) is 29.1 Å². The lowest BCUT2D eigenvalue weighted by molar-refractivity contribution is 0.0702. The summed E-state index contributed by atoms with van der Waals surface area (Å²) < 4.78 is 28.9. The number of methoxy groups -OCH3 is 2. The maximum Gasteiger partial charge on any atom is 0.379 e. The van der Waals surface area contributed by atoms with Gasteiger partial charge in [0.25, 0.3) is 0 Å². The summed E-state index contributed by atoms with van der Waals surface area (Å²) in [6.45, 7) is 1.80. The smallest absolute Gasteiger partial charge is 0.379 e. The van der Waals surface area contributed by atoms with Crippen LogP contribution >= 0.6 is 15.9 Å². The van der Waals surface area contributed by atoms with Crippen LogP contribution < -0.4 is 24.7 Å². The van der Waals surface area contributed by atoms with Crippen molar-refractivity contribution < 1.29 is 28.2 Å². The van der Waals surface area contributed by atoms with Gasteiger partial charge in [0.05, 0.1) is 20.1 Å². The molecule has 37 heavy (non-hydrogen) atoms. The van der Waals surface area contributed by atoms with E-state index >= 15 is 0 Å². The first-order valence-electron chi connectivity index (χ1n) is 11.2. The van der Waals surface area contributed by atoms with Gasteiger partial charge in [0.2, 0.25) is 11.6 Å². The van der Waals surface area contributed by atoms with Crippen molar-refractivity contribution in [3.8, 4) is 29.1 Å². The van der Waals surface area contributed by atoms with Crippen LogP contribution in [-0.4, -0.2) is 20.2 Å². The second kappa shape index (κ2) is 9.56. The van der Waals surface area contributed by atoms with E-state index in [9.17, 15) is 10.1 Å². The largest absolute Gasteiger partial charge is 0.497 e. The minimum absolute atomic E-state index is 0.0416. The number of ether oxygens (including phenoxy) is 4. The number of hydrogen-bond acceptors (Lipinski definition) is 8. The summed E-state index contributed by atoms with van der Waals surface area (Å²) in [5.74, 6) is 0.594. The van der Waals surface area contributed by atoms with Gasteiger partial charge in [-0.3, -0.25) is 0 Å². The van der Waals surface area contributed by atoms with Gasteiger partial charge >= 0.3 is 5.97 Å². The summed E-state index contributed by atoms with van der Waals surface area (Å²) in [5, 5.41) is 10.7. The molecular weight excluding hydrogens is 540 g/mol. The molecule has 1 unspecified atom stereocenters. The SMILES string of the molecule is COc1ccc(C2C(C#N)=C(N)Oc3cc(OC(=O)c4oc5ccc(Br)cc5c4C)ccc32)c(OC)c1. The zero-order chi connectivity index (χ0) is 26.3. The van der Waals surface area contributed by atoms with Crippen LogP contribution in [0.2, 0.25) is 0 Å². The van der Waals surface area contributed by atoms with Crippen LogP contribution in [0.3, 0.4) is 0 Å². The molecule has 8 nitrogen and oxygen atoms in total. The Bertz CT molecular complexity index is 1630. The molecule has 9 heteroatoms. The molecule has 0 amide bonds. The van der Waals surface area contributed by atoms with Crippen LogP contribution in [0.25, 0.3) is 11.0 Å². The molecule has 0 aliphatic carbocycles. The Labute approximate surface area is 220 Å². The summed E-state index contributed by atoms with van der Waals surface area (Å²) in [6.07, 6.45) is 0. The molecule has 0 saturated carbocycles. The molecule has 0 radical (unpaired) electrons. The Kier molecular flexibility index (Phi) is 6.27. The number of hydrogen-bond donors (Lipinski definition) is 1. The van der Waals surface area contributed by atoms with E-state index in [-0.39, 0.29) is 23.0 Å². The van der Waals surface area contributed by atoms with E-state index in [1.54, 1.807) is 57.5 Å². The number of halogens is 1. The molecule has 4 aromatic rings. The number of carbonyl (C=O) groups excluding carboxylic acids is 1. The van der Waals surface area contributed by atoms with Crippen molar-refractivity contribution in [3.63, 3.8) is 0 Å². The van der Waals surface area contributed by atoms with Crippen molar-refractivity contribution in [1.82, 2.24) is 0 Å². The molecule has 3 aromatic carbocycles. The Morgan fingerprint density at radius 3 is 2.51 bits per heavy atom. The van der Waals surface area contributed by atoms with Gasteiger partial charge in [-0.25, -0.2) is 4.79 Å². The highest BCUT2D eigenvalue weighted by Gasteiger charge is 2.33. The number of fused-ring (bicyclic) bond motifs is 2. The van der Waals surface area contributed by atoms with E-state index in [2.05, 4.69) is 22.0 Å². The maximum atomic E-state index is 13.0. The number of rotatable bonds is 5. The van der Waals surface area contributed by atoms with Crippen molar-refractivity contribution in [2.24, 2.45) is 5.73 Å². The first kappa shape index (κ1) is 24.3. The predicted octanol–water partition coefficient (Wildman–Crippen LogP) is 5.96. The molecule has 0 bridgehead atoms. The molecule has 5 rings (SSSR count). The zero-order valence-corrected chi connectivity index (χ0v) is 21.7. The van der Waals surface area contributed by atoms with Crippen molar-refractivity contribution >= 4 is 32.9 Å². The summed E-state index contributed by atoms with van der Waals surface area (Å²) in [6, 6.07) is 17.9. The lowest BCUT2D eigenvalue weighted by Gasteiger charge is -2.27. The van der Waals surface area contributed by atoms with Crippen LogP contribution in [-0.2, 0) is 0 Å². The number of nitriles is 1. The van der Waals surface area contributed by atoms with Gasteiger partial charge in [-0.15, -0.1) is 0 Å². The standard InChI is InChI=1S/C28H21BrN2O6/c1-14-20-10-15(29)4-9-22(20)36-26(14)28(32)35-17-6-8-19-24(12-17)37-27(31)21(13-30)25(19)18-7-5-16(33-2)11-23(18)34-3/h4-12,25H,31H2,1-3H3. The van der Waals surface area contributed by atoms with Gasteiger partial charge in [-0.05, 0) is 37.3 Å². The van der Waals surface area contributed by atoms with Crippen molar-refractivity contribution in [1.29, 1.82) is 5.26 Å². The quantitative estimate of drug-likeness (QED) is 0.235. The second-order valence-electron chi connectivity index (χ2n) is 8.32. The summed E-state index contributed by atoms with van der Waals surface area (Å²) in [4.78, 5) is 13.0. The Morgan fingerprint density at radius 1 is 1.03 bits per heavy atom. The number of carbonyl (C=O) groups is 1. The third-order valence-corrected chi connectivity index (χ3v) is 6.73. The molecule has 1 atom stereocenters. The highest BCUT2D eigenvalue weighted by molar-refractivity contribution is 9.10. The van der Waals surface area contributed by atoms with E-state index in [1.165, 1.54) is 0 Å². The Morgan fingerprint density at radius 2 is 1.78 bits per heavy atom. The lowest BCUT2D eigenvalue weighted by atomic mass is 9.83. The van der Waals surface area contributed by atoms with Crippen molar-refractivity contribution in [2.45, 2.75) is 12.8 Å². The van der Waals surface area contributed by atoms with Crippen LogP contribution in [0.4, 0.5) is 0 Å². The Hall–Kier alpha value is -4.42. The molecule has 186 valence electrons. The lowest BCUT2D eigenvalue weighted by Crippen LogP contribution is -2.21. The molecule has 0 saturated heterocycles. The predicted molar refractivity (Wildman–Crippen MR) is 139 cm³/mol. The first-order chi connectivity index (χ1) is 17.8. The third kappa shape index (κ3) is 4.26. The van der Waals surface area contributed by atoms with Crippen LogP contribution in [0, 0.1) is 18.3 Å². The Balaban J connectivity index is 1.51. The van der Waals surface area contributed by atoms with Gasteiger partial charge in [-0.1, -0.05) is 28.1 Å². The monoisotopic (exact) mass is 560 g/mol. The average Bonchev–Trinajstić information content (AvgIpc) is 3.23. The first-order valence-corrected chi connectivity index (χ1v) is 12.0. The van der Waals surface area contributed by atoms with Crippen LogP contribution in [0.5, 0.6) is 23.0 Å². The summed E-state index contributed by atoms with van der Waals surface area (Å²) in [5.41, 5.74) is 9.01. The third-order valence-electron chi connectivity index (χ3n) is 6.24. The minimum atomic E-state index is -0.643. The van der Waals surface area contributed by atoms with E-state index in [0.29, 0.717) is 39.5 Å². The fraction of sp³-hybridized carbons (Fsp3) is 0.143. The highest BCUT2D eigenvalue weighted by Crippen LogP contribution is 2.46. The number of aryl methyl sites for hydroxylation is 1. The van der Waals surface area contributed by atoms with Crippen molar-refractivity contribution in [3.05, 3.63) is 93.0 Å². The van der Waals surface area contributed by atoms with Crippen molar-refractivity contribution in [2.75, 3.05) is 14.2 Å². The topological polar surface area (TPSA) is 117 Å². The van der Waals surface area contributed by atoms with E-state index < -0.39 is 11.9 Å². The maximum absolute atomic E-state index is 13.0. The number of esters is 1. The second-order valence-corrected chi connectivity index (χ2v) is 9.23. The number of benzene rings is 3. The molecule has 1 aliphatic heterocycles.